The summed E-state index contributed by atoms with van der Waals surface area (Å²) >= 11 is 12.0. The second-order valence-corrected chi connectivity index (χ2v) is 6.22. The number of aromatic nitrogens is 1. The second kappa shape index (κ2) is 7.55. The minimum absolute atomic E-state index is 0.297. The third kappa shape index (κ3) is 4.10. The van der Waals surface area contributed by atoms with Gasteiger partial charge in [-0.3, -0.25) is 9.78 Å². The van der Waals surface area contributed by atoms with Crippen LogP contribution in [0.5, 0.6) is 0 Å². The number of para-hydroxylation sites is 1. The highest BCUT2D eigenvalue weighted by Gasteiger charge is 2.12. The summed E-state index contributed by atoms with van der Waals surface area (Å²) in [5.74, 6) is -0.340. The van der Waals surface area contributed by atoms with Crippen molar-refractivity contribution in [2.24, 2.45) is 0 Å². The first-order chi connectivity index (χ1) is 12.0. The first-order valence-electron chi connectivity index (χ1n) is 7.56. The molecule has 2 aromatic carbocycles. The Morgan fingerprint density at radius 2 is 1.76 bits per heavy atom. The fraction of sp³-hybridized carbons (Fsp3) is 0.0526. The Kier molecular flexibility index (Phi) is 5.22. The van der Waals surface area contributed by atoms with Crippen LogP contribution in [0.25, 0.3) is 0 Å². The lowest BCUT2D eigenvalue weighted by molar-refractivity contribution is 0.102. The number of hydrogen-bond donors (Lipinski definition) is 1. The fourth-order valence-corrected chi connectivity index (χ4v) is 2.79. The molecule has 0 atom stereocenters. The Morgan fingerprint density at radius 3 is 2.48 bits per heavy atom. The maximum atomic E-state index is 12.5. The summed E-state index contributed by atoms with van der Waals surface area (Å²) in [4.78, 5) is 18.6. The summed E-state index contributed by atoms with van der Waals surface area (Å²) in [6, 6.07) is 18.3. The van der Waals surface area contributed by atoms with E-state index in [0.29, 0.717) is 21.4 Å². The van der Waals surface area contributed by atoms with Crippen LogP contribution in [0, 0.1) is 0 Å². The average Bonchev–Trinajstić information content (AvgIpc) is 2.64. The van der Waals surface area contributed by atoms with Crippen molar-refractivity contribution in [3.05, 3.63) is 82.6 Å². The molecule has 0 aliphatic rings. The van der Waals surface area contributed by atoms with Crippen LogP contribution >= 0.6 is 23.2 Å². The van der Waals surface area contributed by atoms with Gasteiger partial charge in [-0.25, -0.2) is 0 Å². The maximum Gasteiger partial charge on any atom is 0.274 e. The van der Waals surface area contributed by atoms with Gasteiger partial charge in [-0.15, -0.1) is 0 Å². The second-order valence-electron chi connectivity index (χ2n) is 5.37. The monoisotopic (exact) mass is 371 g/mol. The Labute approximate surface area is 156 Å². The molecule has 6 heteroatoms. The van der Waals surface area contributed by atoms with E-state index in [2.05, 4.69) is 10.3 Å². The molecule has 0 aliphatic heterocycles. The van der Waals surface area contributed by atoms with Gasteiger partial charge in [0, 0.05) is 29.6 Å². The zero-order chi connectivity index (χ0) is 17.8. The average molecular weight is 372 g/mol. The Hall–Kier alpha value is -2.56. The normalized spacial score (nSPS) is 10.4. The van der Waals surface area contributed by atoms with Crippen LogP contribution in [0.2, 0.25) is 10.0 Å². The van der Waals surface area contributed by atoms with Gasteiger partial charge in [-0.05, 0) is 42.5 Å². The zero-order valence-corrected chi connectivity index (χ0v) is 14.9. The van der Waals surface area contributed by atoms with Crippen LogP contribution in [0.1, 0.15) is 10.5 Å². The van der Waals surface area contributed by atoms with Gasteiger partial charge in [0.15, 0.2) is 0 Å². The molecule has 0 saturated heterocycles. The van der Waals surface area contributed by atoms with Gasteiger partial charge in [0.1, 0.15) is 5.69 Å². The van der Waals surface area contributed by atoms with Gasteiger partial charge in [-0.1, -0.05) is 41.4 Å². The molecular formula is C19H15Cl2N3O. The number of anilines is 3. The number of benzene rings is 2. The molecule has 0 bridgehead atoms. The molecule has 126 valence electrons. The van der Waals surface area contributed by atoms with E-state index >= 15 is 0 Å². The van der Waals surface area contributed by atoms with Crippen molar-refractivity contribution >= 4 is 46.2 Å². The Balaban J connectivity index is 1.82. The number of carbonyl (C=O) groups is 1. The third-order valence-corrected chi connectivity index (χ3v) is 4.23. The minimum Gasteiger partial charge on any atom is -0.345 e. The lowest BCUT2D eigenvalue weighted by Crippen LogP contribution is -2.16. The summed E-state index contributed by atoms with van der Waals surface area (Å²) in [7, 11) is 1.93. The molecule has 0 aliphatic carbocycles. The molecule has 0 fully saturated rings. The summed E-state index contributed by atoms with van der Waals surface area (Å²) in [5, 5.41) is 3.63. The first kappa shape index (κ1) is 17.3. The number of amides is 1. The van der Waals surface area contributed by atoms with Gasteiger partial charge >= 0.3 is 0 Å². The number of halogens is 2. The molecule has 0 unspecified atom stereocenters. The van der Waals surface area contributed by atoms with E-state index in [4.69, 9.17) is 23.2 Å². The maximum absolute atomic E-state index is 12.5. The SMILES string of the molecule is CN(c1ccccc1)c1ccnc(C(=O)Nc2ccc(Cl)cc2Cl)c1. The molecule has 3 rings (SSSR count). The molecule has 25 heavy (non-hydrogen) atoms. The van der Waals surface area contributed by atoms with Crippen molar-refractivity contribution in [2.75, 3.05) is 17.3 Å². The van der Waals surface area contributed by atoms with E-state index in [-0.39, 0.29) is 5.91 Å². The third-order valence-electron chi connectivity index (χ3n) is 3.69. The van der Waals surface area contributed by atoms with Crippen LogP contribution < -0.4 is 10.2 Å². The Morgan fingerprint density at radius 1 is 1.00 bits per heavy atom. The van der Waals surface area contributed by atoms with E-state index in [0.717, 1.165) is 11.4 Å². The molecule has 0 radical (unpaired) electrons. The zero-order valence-electron chi connectivity index (χ0n) is 13.4. The Bertz CT molecular complexity index is 900. The highest BCUT2D eigenvalue weighted by atomic mass is 35.5. The van der Waals surface area contributed by atoms with Crippen LogP contribution in [-0.4, -0.2) is 17.9 Å². The van der Waals surface area contributed by atoms with Gasteiger partial charge in [0.2, 0.25) is 0 Å². The predicted molar refractivity (Wildman–Crippen MR) is 103 cm³/mol. The van der Waals surface area contributed by atoms with Crippen molar-refractivity contribution in [2.45, 2.75) is 0 Å². The topological polar surface area (TPSA) is 45.2 Å². The number of pyridine rings is 1. The van der Waals surface area contributed by atoms with Gasteiger partial charge in [0.05, 0.1) is 10.7 Å². The number of hydrogen-bond acceptors (Lipinski definition) is 3. The molecule has 1 amide bonds. The van der Waals surface area contributed by atoms with Crippen molar-refractivity contribution in [3.63, 3.8) is 0 Å². The predicted octanol–water partition coefficient (Wildman–Crippen LogP) is 5.41. The smallest absolute Gasteiger partial charge is 0.274 e. The van der Waals surface area contributed by atoms with Gasteiger partial charge < -0.3 is 10.2 Å². The molecule has 1 N–H and O–H groups in total. The molecular weight excluding hydrogens is 357 g/mol. The number of rotatable bonds is 4. The molecule has 0 saturated carbocycles. The lowest BCUT2D eigenvalue weighted by atomic mass is 10.2. The molecule has 1 aromatic heterocycles. The minimum atomic E-state index is -0.340. The number of nitrogens with zero attached hydrogens (tertiary/aromatic N) is 2. The van der Waals surface area contributed by atoms with Gasteiger partial charge in [-0.2, -0.15) is 0 Å². The summed E-state index contributed by atoms with van der Waals surface area (Å²) in [6.45, 7) is 0. The lowest BCUT2D eigenvalue weighted by Gasteiger charge is -2.19. The molecule has 3 aromatic rings. The van der Waals surface area contributed by atoms with E-state index in [1.807, 2.05) is 48.3 Å². The van der Waals surface area contributed by atoms with E-state index in [9.17, 15) is 4.79 Å². The van der Waals surface area contributed by atoms with Crippen molar-refractivity contribution in [3.8, 4) is 0 Å². The highest BCUT2D eigenvalue weighted by Crippen LogP contribution is 2.27. The van der Waals surface area contributed by atoms with Crippen LogP contribution in [0.4, 0.5) is 17.1 Å². The van der Waals surface area contributed by atoms with Crippen molar-refractivity contribution in [1.29, 1.82) is 0 Å². The van der Waals surface area contributed by atoms with E-state index < -0.39 is 0 Å². The van der Waals surface area contributed by atoms with Crippen LogP contribution in [-0.2, 0) is 0 Å². The van der Waals surface area contributed by atoms with E-state index in [1.54, 1.807) is 30.5 Å². The summed E-state index contributed by atoms with van der Waals surface area (Å²) in [6.07, 6.45) is 1.60. The molecule has 1 heterocycles. The van der Waals surface area contributed by atoms with Crippen molar-refractivity contribution < 1.29 is 4.79 Å². The molecule has 4 nitrogen and oxygen atoms in total. The van der Waals surface area contributed by atoms with Crippen LogP contribution in [0.3, 0.4) is 0 Å². The summed E-state index contributed by atoms with van der Waals surface area (Å²) < 4.78 is 0. The largest absolute Gasteiger partial charge is 0.345 e. The number of carbonyl (C=O) groups excluding carboxylic acids is 1. The standard InChI is InChI=1S/C19H15Cl2N3O/c1-24(14-5-3-2-4-6-14)15-9-10-22-18(12-15)19(25)23-17-8-7-13(20)11-16(17)21/h2-12H,1H3,(H,23,25). The quantitative estimate of drug-likeness (QED) is 0.666. The van der Waals surface area contributed by atoms with Crippen LogP contribution in [0.15, 0.2) is 66.9 Å². The van der Waals surface area contributed by atoms with Crippen molar-refractivity contribution in [1.82, 2.24) is 4.98 Å². The highest BCUT2D eigenvalue weighted by molar-refractivity contribution is 6.36. The first-order valence-corrected chi connectivity index (χ1v) is 8.31. The summed E-state index contributed by atoms with van der Waals surface area (Å²) in [5.41, 5.74) is 2.65. The molecule has 0 spiro atoms. The van der Waals surface area contributed by atoms with E-state index in [1.165, 1.54) is 0 Å². The fourth-order valence-electron chi connectivity index (χ4n) is 2.33. The van der Waals surface area contributed by atoms with Gasteiger partial charge in [0.25, 0.3) is 5.91 Å². The number of nitrogens with one attached hydrogen (secondary N) is 1.